The van der Waals surface area contributed by atoms with Crippen LogP contribution < -0.4 is 11.5 Å². The van der Waals surface area contributed by atoms with E-state index < -0.39 is 29.4 Å². The molecular weight excluding hydrogens is 499 g/mol. The Morgan fingerprint density at radius 3 is 2.00 bits per heavy atom. The fourth-order valence-electron chi connectivity index (χ4n) is 1.58. The molecule has 18 nitrogen and oxygen atoms in total. The number of aromatic amines is 1. The molecule has 0 unspecified atom stereocenters. The van der Waals surface area contributed by atoms with Crippen molar-refractivity contribution in [2.45, 2.75) is 0 Å². The topological polar surface area (TPSA) is 307 Å². The molecule has 21 heteroatoms. The number of hydrogen-bond donors (Lipinski definition) is 8. The standard InChI is InChI=1S/C6H6N2O.C5H5N5.H5O10P3/c7-6(9)5-2-1-3-8-4-5;6-4-3-5(9-1-7-3)10-2-8-4;1-11(2,3)9-13(7,8)10-12(4,5)6/h1-4H,(H2,7,9);1-2H,(H3,6,7,8,9,10);(H,7,8)(H2,1,2,3)(H2,4,5,6). The van der Waals surface area contributed by atoms with Crippen molar-refractivity contribution >= 4 is 46.4 Å². The van der Waals surface area contributed by atoms with Crippen molar-refractivity contribution in [2.24, 2.45) is 5.73 Å². The summed E-state index contributed by atoms with van der Waals surface area (Å²) in [5.41, 5.74) is 12.2. The van der Waals surface area contributed by atoms with Crippen LogP contribution in [0.5, 0.6) is 0 Å². The molecule has 0 aromatic carbocycles. The number of carbonyl (C=O) groups is 1. The van der Waals surface area contributed by atoms with Gasteiger partial charge in [-0.1, -0.05) is 0 Å². The number of nitrogens with zero attached hydrogens (tertiary/aromatic N) is 4. The predicted molar refractivity (Wildman–Crippen MR) is 105 cm³/mol. The number of imidazole rings is 1. The third kappa shape index (κ3) is 11.1. The van der Waals surface area contributed by atoms with Crippen LogP contribution in [0.2, 0.25) is 0 Å². The molecule has 0 radical (unpaired) electrons. The number of nitrogens with one attached hydrogen (secondary N) is 1. The first kappa shape index (κ1) is 27.4. The zero-order valence-electron chi connectivity index (χ0n) is 15.4. The number of phosphoric acid groups is 3. The Kier molecular flexibility index (Phi) is 9.69. The molecule has 0 saturated carbocycles. The van der Waals surface area contributed by atoms with E-state index in [1.54, 1.807) is 18.3 Å². The van der Waals surface area contributed by atoms with Crippen LogP contribution in [-0.2, 0) is 22.3 Å². The molecular formula is C11H16N7O11P3. The highest BCUT2D eigenvalue weighted by Gasteiger charge is 2.38. The van der Waals surface area contributed by atoms with Crippen molar-refractivity contribution in [1.29, 1.82) is 0 Å². The summed E-state index contributed by atoms with van der Waals surface area (Å²) in [6.45, 7) is 0. The highest BCUT2D eigenvalue weighted by molar-refractivity contribution is 7.66. The summed E-state index contributed by atoms with van der Waals surface area (Å²) in [7, 11) is -16.2. The zero-order chi connectivity index (χ0) is 24.6. The Morgan fingerprint density at radius 1 is 1.00 bits per heavy atom. The minimum atomic E-state index is -5.46. The summed E-state index contributed by atoms with van der Waals surface area (Å²) in [6.07, 6.45) is 5.95. The summed E-state index contributed by atoms with van der Waals surface area (Å²) < 4.78 is 36.4. The number of amides is 1. The number of nitrogens with two attached hydrogens (primary N) is 2. The van der Waals surface area contributed by atoms with E-state index in [1.807, 2.05) is 0 Å². The first-order valence-corrected chi connectivity index (χ1v) is 12.1. The second-order valence-electron chi connectivity index (χ2n) is 5.08. The fourth-order valence-corrected chi connectivity index (χ4v) is 4.11. The van der Waals surface area contributed by atoms with Gasteiger partial charge in [0.05, 0.1) is 11.9 Å². The lowest BCUT2D eigenvalue weighted by Gasteiger charge is -2.11. The zero-order valence-corrected chi connectivity index (χ0v) is 18.1. The molecule has 0 aliphatic rings. The first-order valence-electron chi connectivity index (χ1n) is 7.55. The maximum Gasteiger partial charge on any atom is 0.490 e. The highest BCUT2D eigenvalue weighted by Crippen LogP contribution is 2.64. The maximum atomic E-state index is 10.4. The second kappa shape index (κ2) is 11.3. The summed E-state index contributed by atoms with van der Waals surface area (Å²) in [6, 6.07) is 3.29. The Labute approximate surface area is 177 Å². The number of rotatable bonds is 5. The molecule has 0 atom stereocenters. The number of nitrogen functional groups attached to an aromatic ring is 1. The van der Waals surface area contributed by atoms with Gasteiger partial charge in [-0.3, -0.25) is 9.78 Å². The van der Waals surface area contributed by atoms with E-state index in [0.717, 1.165) is 0 Å². The van der Waals surface area contributed by atoms with Crippen molar-refractivity contribution in [3.8, 4) is 0 Å². The van der Waals surface area contributed by atoms with Crippen LogP contribution in [0.4, 0.5) is 5.82 Å². The van der Waals surface area contributed by atoms with Gasteiger partial charge in [0, 0.05) is 12.4 Å². The van der Waals surface area contributed by atoms with Gasteiger partial charge in [-0.2, -0.15) is 8.62 Å². The molecule has 3 aromatic heterocycles. The minimum absolute atomic E-state index is 0.433. The monoisotopic (exact) mass is 515 g/mol. The Hall–Kier alpha value is -2.62. The third-order valence-electron chi connectivity index (χ3n) is 2.62. The number of primary amides is 1. The van der Waals surface area contributed by atoms with Gasteiger partial charge in [0.2, 0.25) is 5.91 Å². The normalized spacial score (nSPS) is 11.7. The molecule has 0 saturated heterocycles. The van der Waals surface area contributed by atoms with Gasteiger partial charge in [0.25, 0.3) is 0 Å². The SMILES string of the molecule is NC(=O)c1cccnc1.Nc1ncnc2nc[nH]c12.O=P(O)(O)OP(=O)(O)OP(=O)(O)O. The van der Waals surface area contributed by atoms with Gasteiger partial charge in [0.1, 0.15) is 11.8 Å². The molecule has 32 heavy (non-hydrogen) atoms. The molecule has 3 aromatic rings. The number of carbonyl (C=O) groups excluding carboxylic acids is 1. The molecule has 0 bridgehead atoms. The van der Waals surface area contributed by atoms with Gasteiger partial charge in [-0.05, 0) is 12.1 Å². The lowest BCUT2D eigenvalue weighted by Crippen LogP contribution is -2.10. The van der Waals surface area contributed by atoms with E-state index in [0.29, 0.717) is 22.5 Å². The number of aromatic nitrogens is 5. The van der Waals surface area contributed by atoms with Crippen LogP contribution in [0.15, 0.2) is 37.2 Å². The van der Waals surface area contributed by atoms with Crippen LogP contribution in [0.1, 0.15) is 10.4 Å². The molecule has 0 aliphatic heterocycles. The quantitative estimate of drug-likeness (QED) is 0.197. The molecule has 0 fully saturated rings. The van der Waals surface area contributed by atoms with Crippen LogP contribution in [-0.4, -0.2) is 55.3 Å². The number of hydrogen-bond acceptors (Lipinski definition) is 11. The number of H-pyrrole nitrogens is 1. The summed E-state index contributed by atoms with van der Waals surface area (Å²) >= 11 is 0. The summed E-state index contributed by atoms with van der Waals surface area (Å²) in [5.74, 6) is -0.00870. The van der Waals surface area contributed by atoms with Crippen molar-refractivity contribution in [1.82, 2.24) is 24.9 Å². The number of anilines is 1. The Morgan fingerprint density at radius 2 is 1.59 bits per heavy atom. The smallest absolute Gasteiger partial charge is 0.382 e. The van der Waals surface area contributed by atoms with Gasteiger partial charge >= 0.3 is 23.5 Å². The van der Waals surface area contributed by atoms with Gasteiger partial charge < -0.3 is 40.9 Å². The van der Waals surface area contributed by atoms with E-state index >= 15 is 0 Å². The van der Waals surface area contributed by atoms with Crippen LogP contribution in [0, 0.1) is 0 Å². The Balaban J connectivity index is 0.000000244. The minimum Gasteiger partial charge on any atom is -0.382 e. The summed E-state index contributed by atoms with van der Waals surface area (Å²) in [4.78, 5) is 68.7. The van der Waals surface area contributed by atoms with E-state index in [4.69, 9.17) is 35.9 Å². The van der Waals surface area contributed by atoms with Crippen molar-refractivity contribution in [2.75, 3.05) is 5.73 Å². The molecule has 0 aliphatic carbocycles. The molecule has 10 N–H and O–H groups in total. The van der Waals surface area contributed by atoms with Crippen molar-refractivity contribution in [3.63, 3.8) is 0 Å². The van der Waals surface area contributed by atoms with Gasteiger partial charge in [-0.15, -0.1) is 0 Å². The van der Waals surface area contributed by atoms with Crippen LogP contribution in [0.25, 0.3) is 11.2 Å². The van der Waals surface area contributed by atoms with Gasteiger partial charge in [0.15, 0.2) is 11.5 Å². The fraction of sp³-hybridized carbons (Fsp3) is 0. The average molecular weight is 515 g/mol. The first-order chi connectivity index (χ1) is 14.6. The van der Waals surface area contributed by atoms with E-state index in [9.17, 15) is 18.5 Å². The van der Waals surface area contributed by atoms with E-state index in [1.165, 1.54) is 18.9 Å². The van der Waals surface area contributed by atoms with Crippen LogP contribution >= 0.6 is 23.5 Å². The molecule has 3 heterocycles. The third-order valence-corrected chi connectivity index (χ3v) is 5.97. The molecule has 1 amide bonds. The molecule has 3 rings (SSSR count). The highest BCUT2D eigenvalue weighted by atomic mass is 31.3. The van der Waals surface area contributed by atoms with Crippen LogP contribution in [0.3, 0.4) is 0 Å². The maximum absolute atomic E-state index is 10.4. The van der Waals surface area contributed by atoms with Crippen molar-refractivity contribution < 1.29 is 51.6 Å². The molecule has 176 valence electrons. The summed E-state index contributed by atoms with van der Waals surface area (Å²) in [5, 5.41) is 0. The van der Waals surface area contributed by atoms with Crippen molar-refractivity contribution in [3.05, 3.63) is 42.7 Å². The number of pyridine rings is 1. The predicted octanol–water partition coefficient (Wildman–Crippen LogP) is -0.579. The van der Waals surface area contributed by atoms with E-state index in [-0.39, 0.29) is 0 Å². The Bertz CT molecular complexity index is 1150. The lowest BCUT2D eigenvalue weighted by atomic mass is 10.3. The molecule has 0 spiro atoms. The lowest BCUT2D eigenvalue weighted by molar-refractivity contribution is 0.0999. The second-order valence-corrected chi connectivity index (χ2v) is 9.28. The van der Waals surface area contributed by atoms with E-state index in [2.05, 4.69) is 33.5 Å². The number of fused-ring (bicyclic) bond motifs is 1. The average Bonchev–Trinajstić information content (AvgIpc) is 3.09. The largest absolute Gasteiger partial charge is 0.490 e. The van der Waals surface area contributed by atoms with Gasteiger partial charge in [-0.25, -0.2) is 28.6 Å².